The minimum Gasteiger partial charge on any atom is -0.367 e. The van der Waals surface area contributed by atoms with E-state index in [2.05, 4.69) is 10.4 Å². The molecule has 2 aromatic heterocycles. The van der Waals surface area contributed by atoms with Crippen molar-refractivity contribution in [1.29, 1.82) is 0 Å². The Morgan fingerprint density at radius 1 is 1.50 bits per heavy atom. The number of halogens is 2. The van der Waals surface area contributed by atoms with Crippen LogP contribution < -0.4 is 4.90 Å². The normalized spacial score (nSPS) is 23.1. The van der Waals surface area contributed by atoms with Gasteiger partial charge in [0.1, 0.15) is 6.10 Å². The maximum absolute atomic E-state index is 14.0. The van der Waals surface area contributed by atoms with Crippen molar-refractivity contribution in [3.63, 3.8) is 0 Å². The van der Waals surface area contributed by atoms with E-state index in [0.717, 1.165) is 5.56 Å². The smallest absolute Gasteiger partial charge is 0.167 e. The van der Waals surface area contributed by atoms with Gasteiger partial charge in [-0.15, -0.1) is 0 Å². The molecule has 6 heteroatoms. The van der Waals surface area contributed by atoms with Gasteiger partial charge in [0.15, 0.2) is 11.6 Å². The Labute approximate surface area is 126 Å². The first-order valence-electron chi connectivity index (χ1n) is 6.37. The van der Waals surface area contributed by atoms with Gasteiger partial charge in [-0.2, -0.15) is 11.3 Å². The number of anilines is 1. The van der Waals surface area contributed by atoms with Crippen molar-refractivity contribution < 1.29 is 9.13 Å². The summed E-state index contributed by atoms with van der Waals surface area (Å²) in [7, 11) is 0. The van der Waals surface area contributed by atoms with Gasteiger partial charge in [-0.25, -0.2) is 9.37 Å². The summed E-state index contributed by atoms with van der Waals surface area (Å²) in [6.07, 6.45) is 1.44. The maximum atomic E-state index is 14.0. The maximum Gasteiger partial charge on any atom is 0.167 e. The molecule has 0 aromatic carbocycles. The number of aromatic nitrogens is 1. The fraction of sp³-hybridized carbons (Fsp3) is 0.357. The zero-order valence-electron chi connectivity index (χ0n) is 10.9. The fourth-order valence-corrected chi connectivity index (χ4v) is 3.25. The van der Waals surface area contributed by atoms with Gasteiger partial charge in [-0.3, -0.25) is 0 Å². The Balaban J connectivity index is 1.86. The molecule has 3 nitrogen and oxygen atoms in total. The van der Waals surface area contributed by atoms with Crippen LogP contribution in [0.1, 0.15) is 18.6 Å². The molecule has 0 bridgehead atoms. The van der Waals surface area contributed by atoms with Crippen molar-refractivity contribution in [3.8, 4) is 0 Å². The first-order valence-corrected chi connectivity index (χ1v) is 7.69. The third kappa shape index (κ3) is 2.80. The predicted molar refractivity (Wildman–Crippen MR) is 79.0 cm³/mol. The molecular weight excluding hydrogens is 299 g/mol. The number of hydrogen-bond donors (Lipinski definition) is 0. The highest BCUT2D eigenvalue weighted by atomic mass is 35.5. The number of ether oxygens (including phenoxy) is 1. The average molecular weight is 313 g/mol. The number of rotatable bonds is 2. The molecule has 0 spiro atoms. The van der Waals surface area contributed by atoms with Crippen LogP contribution in [-0.2, 0) is 4.74 Å². The van der Waals surface area contributed by atoms with Crippen LogP contribution in [0.3, 0.4) is 0 Å². The van der Waals surface area contributed by atoms with E-state index in [9.17, 15) is 4.39 Å². The molecule has 0 amide bonds. The van der Waals surface area contributed by atoms with Crippen molar-refractivity contribution in [1.82, 2.24) is 4.98 Å². The zero-order valence-corrected chi connectivity index (χ0v) is 12.5. The molecule has 106 valence electrons. The van der Waals surface area contributed by atoms with Crippen molar-refractivity contribution in [2.45, 2.75) is 19.1 Å². The predicted octanol–water partition coefficient (Wildman–Crippen LogP) is 3.90. The zero-order chi connectivity index (χ0) is 14.1. The Morgan fingerprint density at radius 3 is 3.05 bits per heavy atom. The van der Waals surface area contributed by atoms with Crippen molar-refractivity contribution in [3.05, 3.63) is 45.5 Å². The van der Waals surface area contributed by atoms with E-state index >= 15 is 0 Å². The summed E-state index contributed by atoms with van der Waals surface area (Å²) in [6, 6.07) is 3.33. The summed E-state index contributed by atoms with van der Waals surface area (Å²) >= 11 is 7.38. The second-order valence-electron chi connectivity index (χ2n) is 4.86. The van der Waals surface area contributed by atoms with Crippen molar-refractivity contribution >= 4 is 28.8 Å². The van der Waals surface area contributed by atoms with Crippen LogP contribution in [0.15, 0.2) is 29.1 Å². The summed E-state index contributed by atoms with van der Waals surface area (Å²) in [6.45, 7) is 3.19. The Kier molecular flexibility index (Phi) is 3.92. The summed E-state index contributed by atoms with van der Waals surface area (Å²) in [5, 5.41) is 4.39. The van der Waals surface area contributed by atoms with E-state index in [1.807, 2.05) is 23.3 Å². The van der Waals surface area contributed by atoms with Gasteiger partial charge in [0.25, 0.3) is 0 Å². The monoisotopic (exact) mass is 312 g/mol. The molecule has 1 fully saturated rings. The van der Waals surface area contributed by atoms with E-state index in [4.69, 9.17) is 16.3 Å². The van der Waals surface area contributed by atoms with Gasteiger partial charge < -0.3 is 9.64 Å². The van der Waals surface area contributed by atoms with Gasteiger partial charge >= 0.3 is 0 Å². The highest BCUT2D eigenvalue weighted by molar-refractivity contribution is 7.07. The summed E-state index contributed by atoms with van der Waals surface area (Å²) in [5.41, 5.74) is 1.13. The molecular formula is C14H14ClFN2OS. The van der Waals surface area contributed by atoms with Gasteiger partial charge in [0.05, 0.1) is 17.7 Å². The first kappa shape index (κ1) is 13.8. The van der Waals surface area contributed by atoms with Crippen molar-refractivity contribution in [2.24, 2.45) is 0 Å². The fourth-order valence-electron chi connectivity index (χ4n) is 2.41. The number of morpholine rings is 1. The van der Waals surface area contributed by atoms with Crippen LogP contribution in [0, 0.1) is 5.82 Å². The van der Waals surface area contributed by atoms with Crippen molar-refractivity contribution in [2.75, 3.05) is 18.0 Å². The van der Waals surface area contributed by atoms with Crippen LogP contribution in [-0.4, -0.2) is 24.2 Å². The largest absolute Gasteiger partial charge is 0.367 e. The summed E-state index contributed by atoms with van der Waals surface area (Å²) < 4.78 is 19.9. The number of thiophene rings is 1. The van der Waals surface area contributed by atoms with Crippen LogP contribution >= 0.6 is 22.9 Å². The van der Waals surface area contributed by atoms with Crippen LogP contribution in [0.25, 0.3) is 0 Å². The minimum absolute atomic E-state index is 0.0190. The SMILES string of the molecule is CC1CN(c2ncc(Cl)cc2F)CC(c2ccsc2)O1. The molecule has 1 aliphatic rings. The Bertz CT molecular complexity index is 593. The molecule has 1 saturated heterocycles. The highest BCUT2D eigenvalue weighted by Gasteiger charge is 2.28. The standard InChI is InChI=1S/C14H14ClFN2OS/c1-9-6-18(14-12(16)4-11(15)5-17-14)7-13(19-9)10-2-3-20-8-10/h2-5,8-9,13H,6-7H2,1H3. The van der Waals surface area contributed by atoms with E-state index in [1.54, 1.807) is 11.3 Å². The summed E-state index contributed by atoms with van der Waals surface area (Å²) in [5.74, 6) is -0.0551. The minimum atomic E-state index is -0.393. The van der Waals surface area contributed by atoms with E-state index < -0.39 is 5.82 Å². The number of nitrogens with zero attached hydrogens (tertiary/aromatic N) is 2. The Morgan fingerprint density at radius 2 is 2.35 bits per heavy atom. The molecule has 3 rings (SSSR count). The lowest BCUT2D eigenvalue weighted by atomic mass is 10.1. The molecule has 2 aromatic rings. The lowest BCUT2D eigenvalue weighted by molar-refractivity contribution is -0.0175. The third-order valence-corrected chi connectivity index (χ3v) is 4.17. The molecule has 2 atom stereocenters. The van der Waals surface area contributed by atoms with Crippen LogP contribution in [0.2, 0.25) is 5.02 Å². The van der Waals surface area contributed by atoms with E-state index in [1.165, 1.54) is 12.3 Å². The first-order chi connectivity index (χ1) is 9.63. The second-order valence-corrected chi connectivity index (χ2v) is 6.07. The molecule has 20 heavy (non-hydrogen) atoms. The third-order valence-electron chi connectivity index (χ3n) is 3.26. The lowest BCUT2D eigenvalue weighted by Crippen LogP contribution is -2.43. The lowest BCUT2D eigenvalue weighted by Gasteiger charge is -2.37. The molecule has 1 aliphatic heterocycles. The Hall–Kier alpha value is -1.17. The van der Waals surface area contributed by atoms with Crippen LogP contribution in [0.5, 0.6) is 0 Å². The highest BCUT2D eigenvalue weighted by Crippen LogP contribution is 2.30. The van der Waals surface area contributed by atoms with E-state index in [-0.39, 0.29) is 12.2 Å². The molecule has 2 unspecified atom stereocenters. The summed E-state index contributed by atoms with van der Waals surface area (Å²) in [4.78, 5) is 6.04. The van der Waals surface area contributed by atoms with Gasteiger partial charge in [-0.1, -0.05) is 11.6 Å². The van der Waals surface area contributed by atoms with Gasteiger partial charge in [-0.05, 0) is 35.4 Å². The number of hydrogen-bond acceptors (Lipinski definition) is 4. The molecule has 3 heterocycles. The molecule has 0 N–H and O–H groups in total. The van der Waals surface area contributed by atoms with Gasteiger partial charge in [0.2, 0.25) is 0 Å². The molecule has 0 saturated carbocycles. The van der Waals surface area contributed by atoms with E-state index in [0.29, 0.717) is 23.9 Å². The molecule has 0 aliphatic carbocycles. The second kappa shape index (κ2) is 5.68. The van der Waals surface area contributed by atoms with Crippen LogP contribution in [0.4, 0.5) is 10.2 Å². The quantitative estimate of drug-likeness (QED) is 0.841. The topological polar surface area (TPSA) is 25.4 Å². The number of pyridine rings is 1. The van der Waals surface area contributed by atoms with Gasteiger partial charge in [0, 0.05) is 12.7 Å². The molecule has 0 radical (unpaired) electrons. The average Bonchev–Trinajstić information content (AvgIpc) is 2.91.